The van der Waals surface area contributed by atoms with Crippen molar-refractivity contribution in [2.75, 3.05) is 18.5 Å². The van der Waals surface area contributed by atoms with Crippen LogP contribution in [0.15, 0.2) is 45.6 Å². The number of amides is 1. The van der Waals surface area contributed by atoms with E-state index in [1.54, 1.807) is 29.5 Å². The average Bonchev–Trinajstić information content (AvgIpc) is 3.29. The molecular weight excluding hydrogens is 328 g/mol. The minimum Gasteiger partial charge on any atom is -0.395 e. The third-order valence-corrected chi connectivity index (χ3v) is 3.90. The maximum Gasteiger partial charge on any atom is 0.251 e. The van der Waals surface area contributed by atoms with E-state index in [-0.39, 0.29) is 19.1 Å². The fraction of sp³-hybridized carbons (Fsp3) is 0.188. The van der Waals surface area contributed by atoms with Gasteiger partial charge in [0, 0.05) is 28.7 Å². The highest BCUT2D eigenvalue weighted by atomic mass is 32.1. The molecule has 2 aromatic heterocycles. The Balaban J connectivity index is 1.61. The zero-order chi connectivity index (χ0) is 16.8. The predicted octanol–water partition coefficient (Wildman–Crippen LogP) is 2.13. The van der Waals surface area contributed by atoms with Gasteiger partial charge in [0.05, 0.1) is 13.2 Å². The first kappa shape index (κ1) is 16.2. The monoisotopic (exact) mass is 344 g/mol. The summed E-state index contributed by atoms with van der Waals surface area (Å²) in [7, 11) is 0. The quantitative estimate of drug-likeness (QED) is 0.607. The van der Waals surface area contributed by atoms with Crippen LogP contribution in [0.25, 0.3) is 11.4 Å². The van der Waals surface area contributed by atoms with Gasteiger partial charge in [-0.25, -0.2) is 0 Å². The number of aliphatic hydroxyl groups excluding tert-OH is 1. The summed E-state index contributed by atoms with van der Waals surface area (Å²) in [4.78, 5) is 16.2. The van der Waals surface area contributed by atoms with Crippen LogP contribution in [-0.4, -0.2) is 34.3 Å². The molecule has 0 aliphatic rings. The Bertz CT molecular complexity index is 801. The number of aromatic nitrogens is 2. The van der Waals surface area contributed by atoms with Crippen molar-refractivity contribution >= 4 is 22.9 Å². The van der Waals surface area contributed by atoms with Gasteiger partial charge in [0.15, 0.2) is 0 Å². The molecule has 1 aromatic carbocycles. The molecule has 8 heteroatoms. The van der Waals surface area contributed by atoms with Crippen molar-refractivity contribution in [3.05, 3.63) is 52.5 Å². The highest BCUT2D eigenvalue weighted by Gasteiger charge is 2.09. The summed E-state index contributed by atoms with van der Waals surface area (Å²) >= 11 is 1.57. The molecular formula is C16H16N4O3S. The molecule has 3 aromatic rings. The summed E-state index contributed by atoms with van der Waals surface area (Å²) in [6.07, 6.45) is 0. The Kier molecular flexibility index (Phi) is 5.19. The van der Waals surface area contributed by atoms with Gasteiger partial charge in [-0.2, -0.15) is 16.3 Å². The lowest BCUT2D eigenvalue weighted by atomic mass is 10.2. The highest BCUT2D eigenvalue weighted by molar-refractivity contribution is 7.08. The first-order valence-corrected chi connectivity index (χ1v) is 8.28. The first-order chi connectivity index (χ1) is 11.8. The molecule has 3 N–H and O–H groups in total. The number of benzene rings is 1. The number of carbonyl (C=O) groups excluding carboxylic acids is 1. The van der Waals surface area contributed by atoms with Crippen LogP contribution in [0.1, 0.15) is 16.2 Å². The number of anilines is 1. The molecule has 0 fully saturated rings. The Morgan fingerprint density at radius 3 is 3.04 bits per heavy atom. The topological polar surface area (TPSA) is 100 Å². The number of rotatable bonds is 7. The molecule has 0 radical (unpaired) electrons. The molecule has 7 nitrogen and oxygen atoms in total. The predicted molar refractivity (Wildman–Crippen MR) is 90.8 cm³/mol. The molecule has 0 aliphatic carbocycles. The third kappa shape index (κ3) is 3.98. The fourth-order valence-electron chi connectivity index (χ4n) is 2.06. The minimum atomic E-state index is -0.231. The maximum atomic E-state index is 11.9. The fourth-order valence-corrected chi connectivity index (χ4v) is 2.69. The van der Waals surface area contributed by atoms with E-state index in [0.717, 1.165) is 11.3 Å². The van der Waals surface area contributed by atoms with Crippen molar-refractivity contribution in [1.82, 2.24) is 15.5 Å². The Morgan fingerprint density at radius 1 is 1.33 bits per heavy atom. The zero-order valence-corrected chi connectivity index (χ0v) is 13.5. The van der Waals surface area contributed by atoms with Gasteiger partial charge in [-0.05, 0) is 29.6 Å². The normalized spacial score (nSPS) is 10.5. The molecule has 0 aliphatic heterocycles. The van der Waals surface area contributed by atoms with Gasteiger partial charge in [0.2, 0.25) is 11.7 Å². The molecule has 0 unspecified atom stereocenters. The third-order valence-electron chi connectivity index (χ3n) is 3.21. The molecule has 2 heterocycles. The van der Waals surface area contributed by atoms with E-state index in [1.807, 2.05) is 22.9 Å². The van der Waals surface area contributed by atoms with Crippen LogP contribution in [0.2, 0.25) is 0 Å². The summed E-state index contributed by atoms with van der Waals surface area (Å²) < 4.78 is 5.21. The van der Waals surface area contributed by atoms with Crippen LogP contribution in [0.4, 0.5) is 5.69 Å². The number of carbonyl (C=O) groups is 1. The van der Waals surface area contributed by atoms with Crippen LogP contribution in [0.5, 0.6) is 0 Å². The number of hydrogen-bond acceptors (Lipinski definition) is 7. The van der Waals surface area contributed by atoms with E-state index >= 15 is 0 Å². The molecule has 0 saturated heterocycles. The van der Waals surface area contributed by atoms with E-state index in [0.29, 0.717) is 23.8 Å². The molecule has 1 amide bonds. The van der Waals surface area contributed by atoms with Gasteiger partial charge in [0.1, 0.15) is 0 Å². The smallest absolute Gasteiger partial charge is 0.251 e. The van der Waals surface area contributed by atoms with Crippen molar-refractivity contribution in [3.63, 3.8) is 0 Å². The summed E-state index contributed by atoms with van der Waals surface area (Å²) in [5.41, 5.74) is 2.21. The number of aliphatic hydroxyl groups is 1. The lowest BCUT2D eigenvalue weighted by Crippen LogP contribution is -2.26. The first-order valence-electron chi connectivity index (χ1n) is 7.34. The summed E-state index contributed by atoms with van der Waals surface area (Å²) in [6, 6.07) is 8.99. The van der Waals surface area contributed by atoms with Crippen molar-refractivity contribution in [3.8, 4) is 11.4 Å². The second-order valence-corrected chi connectivity index (χ2v) is 5.72. The highest BCUT2D eigenvalue weighted by Crippen LogP contribution is 2.19. The summed E-state index contributed by atoms with van der Waals surface area (Å²) in [6.45, 7) is 0.496. The SMILES string of the molecule is O=C(NCCO)c1cccc(NCc2nc(-c3ccsc3)no2)c1. The second kappa shape index (κ2) is 7.71. The van der Waals surface area contributed by atoms with Gasteiger partial charge < -0.3 is 20.3 Å². The van der Waals surface area contributed by atoms with Crippen LogP contribution in [0.3, 0.4) is 0 Å². The molecule has 3 rings (SSSR count). The van der Waals surface area contributed by atoms with Crippen molar-refractivity contribution in [1.29, 1.82) is 0 Å². The largest absolute Gasteiger partial charge is 0.395 e. The van der Waals surface area contributed by atoms with Gasteiger partial charge in [-0.15, -0.1) is 0 Å². The van der Waals surface area contributed by atoms with Crippen molar-refractivity contribution in [2.24, 2.45) is 0 Å². The Hall–Kier alpha value is -2.71. The molecule has 0 bridgehead atoms. The molecule has 124 valence electrons. The lowest BCUT2D eigenvalue weighted by molar-refractivity contribution is 0.0945. The number of nitrogens with one attached hydrogen (secondary N) is 2. The van der Waals surface area contributed by atoms with E-state index in [1.165, 1.54) is 0 Å². The van der Waals surface area contributed by atoms with E-state index in [4.69, 9.17) is 9.63 Å². The number of thiophene rings is 1. The van der Waals surface area contributed by atoms with Crippen LogP contribution >= 0.6 is 11.3 Å². The summed E-state index contributed by atoms with van der Waals surface area (Å²) in [5, 5.41) is 22.4. The van der Waals surface area contributed by atoms with Crippen LogP contribution in [0, 0.1) is 0 Å². The minimum absolute atomic E-state index is 0.0900. The standard InChI is InChI=1S/C16H16N4O3S/c21-6-5-17-16(22)11-2-1-3-13(8-11)18-9-14-19-15(20-23-14)12-4-7-24-10-12/h1-4,7-8,10,18,21H,5-6,9H2,(H,17,22). The summed E-state index contributed by atoms with van der Waals surface area (Å²) in [5.74, 6) is 0.793. The molecule has 0 spiro atoms. The van der Waals surface area contributed by atoms with Gasteiger partial charge >= 0.3 is 0 Å². The van der Waals surface area contributed by atoms with Crippen molar-refractivity contribution in [2.45, 2.75) is 6.54 Å². The molecule has 0 atom stereocenters. The molecule has 24 heavy (non-hydrogen) atoms. The van der Waals surface area contributed by atoms with Gasteiger partial charge in [-0.3, -0.25) is 4.79 Å². The number of nitrogens with zero attached hydrogens (tertiary/aromatic N) is 2. The maximum absolute atomic E-state index is 11.9. The van der Waals surface area contributed by atoms with E-state index in [9.17, 15) is 4.79 Å². The van der Waals surface area contributed by atoms with Crippen molar-refractivity contribution < 1.29 is 14.4 Å². The Morgan fingerprint density at radius 2 is 2.25 bits per heavy atom. The second-order valence-electron chi connectivity index (χ2n) is 4.94. The molecule has 0 saturated carbocycles. The van der Waals surface area contributed by atoms with E-state index in [2.05, 4.69) is 20.8 Å². The Labute approximate surface area is 142 Å². The van der Waals surface area contributed by atoms with Crippen LogP contribution in [-0.2, 0) is 6.54 Å². The average molecular weight is 344 g/mol. The van der Waals surface area contributed by atoms with E-state index < -0.39 is 0 Å². The number of hydrogen-bond donors (Lipinski definition) is 3. The van der Waals surface area contributed by atoms with Gasteiger partial charge in [-0.1, -0.05) is 11.2 Å². The zero-order valence-electron chi connectivity index (χ0n) is 12.7. The lowest BCUT2D eigenvalue weighted by Gasteiger charge is -2.07. The van der Waals surface area contributed by atoms with Crippen LogP contribution < -0.4 is 10.6 Å². The van der Waals surface area contributed by atoms with Gasteiger partial charge in [0.25, 0.3) is 5.91 Å².